The summed E-state index contributed by atoms with van der Waals surface area (Å²) in [5.74, 6) is 2.69. The Morgan fingerprint density at radius 1 is 1.35 bits per heavy atom. The first-order valence-corrected chi connectivity index (χ1v) is 10.2. The van der Waals surface area contributed by atoms with E-state index in [1.807, 2.05) is 6.07 Å². The third-order valence-corrected chi connectivity index (χ3v) is 7.70. The predicted molar refractivity (Wildman–Crippen MR) is 99.6 cm³/mol. The van der Waals surface area contributed by atoms with E-state index in [1.165, 1.54) is 24.9 Å². The monoisotopic (exact) mass is 355 g/mol. The summed E-state index contributed by atoms with van der Waals surface area (Å²) < 4.78 is 5.41. The number of carbonyl (C=O) groups is 1. The predicted octanol–water partition coefficient (Wildman–Crippen LogP) is 3.29. The summed E-state index contributed by atoms with van der Waals surface area (Å²) in [6.07, 6.45) is 6.27. The van der Waals surface area contributed by atoms with Crippen LogP contribution in [-0.2, 0) is 16.6 Å². The maximum atomic E-state index is 12.8. The fourth-order valence-corrected chi connectivity index (χ4v) is 6.18. The highest BCUT2D eigenvalue weighted by Gasteiger charge is 2.58. The Hall–Kier alpha value is -1.55. The number of Topliss-reactive ketones (excluding diaryl/α,β-unsaturated/α-hetero) is 1. The molecule has 4 atom stereocenters. The highest BCUT2D eigenvalue weighted by atomic mass is 16.5. The molecule has 0 amide bonds. The molecule has 0 spiro atoms. The molecule has 3 aliphatic carbocycles. The van der Waals surface area contributed by atoms with Gasteiger partial charge in [0, 0.05) is 35.9 Å². The number of methoxy groups -OCH3 is 1. The summed E-state index contributed by atoms with van der Waals surface area (Å²) >= 11 is 0. The van der Waals surface area contributed by atoms with Gasteiger partial charge in [-0.05, 0) is 62.1 Å². The van der Waals surface area contributed by atoms with Gasteiger partial charge in [-0.25, -0.2) is 0 Å². The van der Waals surface area contributed by atoms with E-state index >= 15 is 0 Å². The number of aromatic hydroxyl groups is 1. The van der Waals surface area contributed by atoms with E-state index in [2.05, 4.69) is 17.9 Å². The Kier molecular flexibility index (Phi) is 3.66. The zero-order valence-electron chi connectivity index (χ0n) is 15.8. The lowest BCUT2D eigenvalue weighted by atomic mass is 9.50. The van der Waals surface area contributed by atoms with Crippen LogP contribution in [-0.4, -0.2) is 42.0 Å². The number of likely N-dealkylation sites (tertiary alicyclic amines) is 1. The Morgan fingerprint density at radius 2 is 2.15 bits per heavy atom. The fourth-order valence-electron chi connectivity index (χ4n) is 6.18. The number of nitrogens with zero attached hydrogens (tertiary/aromatic N) is 1. The molecule has 1 unspecified atom stereocenters. The fraction of sp³-hybridized carbons (Fsp3) is 0.682. The number of piperidine rings is 1. The van der Waals surface area contributed by atoms with Gasteiger partial charge in [-0.1, -0.05) is 13.0 Å². The lowest BCUT2D eigenvalue weighted by Gasteiger charge is -2.59. The first kappa shape index (κ1) is 16.6. The topological polar surface area (TPSA) is 49.8 Å². The van der Waals surface area contributed by atoms with E-state index in [0.29, 0.717) is 29.9 Å². The van der Waals surface area contributed by atoms with E-state index < -0.39 is 0 Å². The van der Waals surface area contributed by atoms with Crippen molar-refractivity contribution in [1.82, 2.24) is 4.90 Å². The molecule has 1 heterocycles. The van der Waals surface area contributed by atoms with Gasteiger partial charge in [0.05, 0.1) is 7.11 Å². The summed E-state index contributed by atoms with van der Waals surface area (Å²) in [6, 6.07) is 4.53. The minimum atomic E-state index is -0.194. The largest absolute Gasteiger partial charge is 0.504 e. The zero-order valence-corrected chi connectivity index (χ0v) is 15.8. The van der Waals surface area contributed by atoms with Gasteiger partial charge in [-0.15, -0.1) is 0 Å². The van der Waals surface area contributed by atoms with Crippen molar-refractivity contribution < 1.29 is 14.6 Å². The van der Waals surface area contributed by atoms with Crippen LogP contribution in [0.2, 0.25) is 0 Å². The van der Waals surface area contributed by atoms with Crippen LogP contribution < -0.4 is 4.74 Å². The van der Waals surface area contributed by atoms with Crippen molar-refractivity contribution in [2.45, 2.75) is 56.9 Å². The molecule has 1 aromatic carbocycles. The second-order valence-corrected chi connectivity index (χ2v) is 9.15. The average molecular weight is 355 g/mol. The second kappa shape index (κ2) is 5.72. The van der Waals surface area contributed by atoms with Crippen LogP contribution in [0.5, 0.6) is 11.5 Å². The molecule has 0 aromatic heterocycles. The molecule has 3 fully saturated rings. The minimum absolute atomic E-state index is 0.144. The molecular weight excluding hydrogens is 326 g/mol. The molecule has 2 saturated carbocycles. The van der Waals surface area contributed by atoms with E-state index in [1.54, 1.807) is 7.11 Å². The number of hydrogen-bond acceptors (Lipinski definition) is 4. The van der Waals surface area contributed by atoms with Crippen molar-refractivity contribution >= 4 is 5.78 Å². The first-order chi connectivity index (χ1) is 12.5. The molecule has 26 heavy (non-hydrogen) atoms. The second-order valence-electron chi connectivity index (χ2n) is 9.15. The normalized spacial score (nSPS) is 36.4. The minimum Gasteiger partial charge on any atom is -0.504 e. The molecule has 1 aromatic rings. The van der Waals surface area contributed by atoms with Crippen LogP contribution in [0.4, 0.5) is 0 Å². The lowest BCUT2D eigenvalue weighted by Crippen LogP contribution is -2.63. The summed E-state index contributed by atoms with van der Waals surface area (Å²) in [5.41, 5.74) is 2.07. The van der Waals surface area contributed by atoms with Gasteiger partial charge in [0.1, 0.15) is 5.78 Å². The number of rotatable bonds is 3. The van der Waals surface area contributed by atoms with Gasteiger partial charge in [-0.3, -0.25) is 9.69 Å². The molecule has 1 saturated heterocycles. The van der Waals surface area contributed by atoms with Crippen molar-refractivity contribution in [2.24, 2.45) is 17.8 Å². The molecule has 4 aliphatic rings. The van der Waals surface area contributed by atoms with Gasteiger partial charge in [0.15, 0.2) is 11.5 Å². The van der Waals surface area contributed by atoms with E-state index in [4.69, 9.17) is 4.74 Å². The molecular formula is C22H29NO3. The Bertz CT molecular complexity index is 756. The number of phenolic OH excluding ortho intramolecular Hbond substituents is 1. The molecule has 0 radical (unpaired) electrons. The molecule has 2 bridgehead atoms. The molecule has 4 heteroatoms. The van der Waals surface area contributed by atoms with Crippen molar-refractivity contribution in [3.05, 3.63) is 23.3 Å². The Morgan fingerprint density at radius 3 is 2.88 bits per heavy atom. The maximum Gasteiger partial charge on any atom is 0.161 e. The maximum absolute atomic E-state index is 12.8. The number of hydrogen-bond donors (Lipinski definition) is 1. The highest BCUT2D eigenvalue weighted by Crippen LogP contribution is 2.59. The standard InChI is InChI=1S/C22H29NO3/c1-13-9-16-17-10-15-5-6-19(26-2)21(25)20(15)22(16,11-18(13)24)7-8-23(17)12-14-3-4-14/h5-6,13-14,16-17,25H,3-4,7-12H2,1-2H3/t13?,16-,17+,22-/m1/s1. The average Bonchev–Trinajstić information content (AvgIpc) is 3.42. The number of benzene rings is 1. The van der Waals surface area contributed by atoms with Crippen molar-refractivity contribution in [3.63, 3.8) is 0 Å². The molecule has 140 valence electrons. The van der Waals surface area contributed by atoms with E-state index in [-0.39, 0.29) is 17.1 Å². The number of ether oxygens (including phenoxy) is 1. The van der Waals surface area contributed by atoms with Crippen molar-refractivity contribution in [1.29, 1.82) is 0 Å². The van der Waals surface area contributed by atoms with Gasteiger partial charge in [0.25, 0.3) is 0 Å². The van der Waals surface area contributed by atoms with Gasteiger partial charge in [-0.2, -0.15) is 0 Å². The van der Waals surface area contributed by atoms with Crippen molar-refractivity contribution in [2.75, 3.05) is 20.2 Å². The third kappa shape index (κ3) is 2.27. The highest BCUT2D eigenvalue weighted by molar-refractivity contribution is 5.84. The Labute approximate surface area is 155 Å². The SMILES string of the molecule is COc1ccc2c(c1O)[C@@]13CCN(CC4CC4)[C@@H](C2)[C@H]1CC(C)C(=O)C3. The molecule has 1 aliphatic heterocycles. The summed E-state index contributed by atoms with van der Waals surface area (Å²) in [4.78, 5) is 15.5. The number of ketones is 1. The van der Waals surface area contributed by atoms with Crippen LogP contribution in [0.3, 0.4) is 0 Å². The van der Waals surface area contributed by atoms with E-state index in [9.17, 15) is 9.90 Å². The zero-order chi connectivity index (χ0) is 18.1. The molecule has 5 rings (SSSR count). The number of phenols is 1. The summed E-state index contributed by atoms with van der Waals surface area (Å²) in [7, 11) is 1.61. The van der Waals surface area contributed by atoms with Crippen LogP contribution >= 0.6 is 0 Å². The van der Waals surface area contributed by atoms with Gasteiger partial charge in [0.2, 0.25) is 0 Å². The Balaban J connectivity index is 1.64. The van der Waals surface area contributed by atoms with Crippen LogP contribution in [0.25, 0.3) is 0 Å². The summed E-state index contributed by atoms with van der Waals surface area (Å²) in [5, 5.41) is 11.0. The van der Waals surface area contributed by atoms with Crippen LogP contribution in [0.15, 0.2) is 12.1 Å². The smallest absolute Gasteiger partial charge is 0.161 e. The third-order valence-electron chi connectivity index (χ3n) is 7.70. The number of carbonyl (C=O) groups excluding carboxylic acids is 1. The lowest BCUT2D eigenvalue weighted by molar-refractivity contribution is -0.132. The summed E-state index contributed by atoms with van der Waals surface area (Å²) in [6.45, 7) is 4.36. The van der Waals surface area contributed by atoms with E-state index in [0.717, 1.165) is 37.3 Å². The van der Waals surface area contributed by atoms with Gasteiger partial charge < -0.3 is 9.84 Å². The first-order valence-electron chi connectivity index (χ1n) is 10.2. The molecule has 4 nitrogen and oxygen atoms in total. The molecule has 1 N–H and O–H groups in total. The van der Waals surface area contributed by atoms with Gasteiger partial charge >= 0.3 is 0 Å². The quantitative estimate of drug-likeness (QED) is 0.904. The van der Waals surface area contributed by atoms with Crippen LogP contribution in [0.1, 0.15) is 50.2 Å². The van der Waals surface area contributed by atoms with Crippen LogP contribution in [0, 0.1) is 17.8 Å². The van der Waals surface area contributed by atoms with Crippen molar-refractivity contribution in [3.8, 4) is 11.5 Å². The number of fused-ring (bicyclic) bond motifs is 1.